The first-order valence-electron chi connectivity index (χ1n) is 11.4. The van der Waals surface area contributed by atoms with Crippen molar-refractivity contribution in [1.82, 2.24) is 5.32 Å². The number of nitrogens with zero attached hydrogens (tertiary/aromatic N) is 2. The standard InChI is InChI=1S/C26H34N4O3/c1-25(2,3)16-30-21-10-8-7-9-18(21)26(24(30)32)14-20(27-15-26)23(31)28-19-12-11-17(29(4)5)13-22(19)33-6/h7-13,20,27H,14-16H2,1-6H3,(H,28,31). The molecule has 1 saturated heterocycles. The highest BCUT2D eigenvalue weighted by molar-refractivity contribution is 6.10. The van der Waals surface area contributed by atoms with E-state index in [1.807, 2.05) is 66.4 Å². The molecule has 1 spiro atoms. The van der Waals surface area contributed by atoms with Gasteiger partial charge in [0.2, 0.25) is 11.8 Å². The molecule has 2 N–H and O–H groups in total. The van der Waals surface area contributed by atoms with Gasteiger partial charge in [0.25, 0.3) is 0 Å². The molecule has 0 radical (unpaired) electrons. The molecular weight excluding hydrogens is 416 g/mol. The van der Waals surface area contributed by atoms with Gasteiger partial charge in [0.1, 0.15) is 5.75 Å². The highest BCUT2D eigenvalue weighted by Gasteiger charge is 2.56. The number of nitrogens with one attached hydrogen (secondary N) is 2. The quantitative estimate of drug-likeness (QED) is 0.731. The Hall–Kier alpha value is -3.06. The van der Waals surface area contributed by atoms with Crippen molar-refractivity contribution < 1.29 is 14.3 Å². The van der Waals surface area contributed by atoms with Crippen LogP contribution in [-0.4, -0.2) is 52.2 Å². The maximum Gasteiger partial charge on any atom is 0.241 e. The van der Waals surface area contributed by atoms with Crippen LogP contribution in [0.15, 0.2) is 42.5 Å². The van der Waals surface area contributed by atoms with Crippen molar-refractivity contribution >= 4 is 28.9 Å². The maximum atomic E-state index is 13.7. The summed E-state index contributed by atoms with van der Waals surface area (Å²) < 4.78 is 5.49. The van der Waals surface area contributed by atoms with Crippen molar-refractivity contribution in [1.29, 1.82) is 0 Å². The van der Waals surface area contributed by atoms with Crippen LogP contribution in [0.4, 0.5) is 17.1 Å². The van der Waals surface area contributed by atoms with Gasteiger partial charge in [-0.2, -0.15) is 0 Å². The summed E-state index contributed by atoms with van der Waals surface area (Å²) in [4.78, 5) is 30.8. The van der Waals surface area contributed by atoms with E-state index >= 15 is 0 Å². The number of methoxy groups -OCH3 is 1. The highest BCUT2D eigenvalue weighted by atomic mass is 16.5. The van der Waals surface area contributed by atoms with Crippen molar-refractivity contribution in [3.63, 3.8) is 0 Å². The SMILES string of the molecule is COc1cc(N(C)C)ccc1NC(=O)C1CC2(CN1)C(=O)N(CC(C)(C)C)c1ccccc12. The molecule has 176 valence electrons. The lowest BCUT2D eigenvalue weighted by Gasteiger charge is -2.29. The van der Waals surface area contributed by atoms with Gasteiger partial charge in [-0.25, -0.2) is 0 Å². The number of hydrogen-bond acceptors (Lipinski definition) is 5. The molecule has 2 aliphatic heterocycles. The lowest BCUT2D eigenvalue weighted by molar-refractivity contribution is -0.123. The number of hydrogen-bond donors (Lipinski definition) is 2. The Bertz CT molecular complexity index is 1080. The van der Waals surface area contributed by atoms with Crippen LogP contribution in [0, 0.1) is 5.41 Å². The third-order valence-corrected chi connectivity index (χ3v) is 6.48. The average Bonchev–Trinajstić information content (AvgIpc) is 3.31. The zero-order valence-electron chi connectivity index (χ0n) is 20.4. The Kier molecular flexibility index (Phi) is 5.86. The van der Waals surface area contributed by atoms with Crippen molar-refractivity contribution in [3.8, 4) is 5.75 Å². The number of ether oxygens (including phenoxy) is 1. The van der Waals surface area contributed by atoms with Crippen LogP contribution in [-0.2, 0) is 15.0 Å². The molecule has 0 bridgehead atoms. The predicted molar refractivity (Wildman–Crippen MR) is 132 cm³/mol. The summed E-state index contributed by atoms with van der Waals surface area (Å²) in [6.07, 6.45) is 0.424. The predicted octanol–water partition coefficient (Wildman–Crippen LogP) is 3.39. The van der Waals surface area contributed by atoms with Gasteiger partial charge in [0.05, 0.1) is 24.3 Å². The first kappa shape index (κ1) is 23.1. The summed E-state index contributed by atoms with van der Waals surface area (Å²) in [6, 6.07) is 13.2. The fourth-order valence-electron chi connectivity index (χ4n) is 4.85. The van der Waals surface area contributed by atoms with Crippen molar-refractivity contribution in [3.05, 3.63) is 48.0 Å². The largest absolute Gasteiger partial charge is 0.494 e. The lowest BCUT2D eigenvalue weighted by atomic mass is 9.79. The molecule has 2 aromatic carbocycles. The first-order chi connectivity index (χ1) is 15.6. The van der Waals surface area contributed by atoms with E-state index in [0.717, 1.165) is 16.9 Å². The number of anilines is 3. The second-order valence-corrected chi connectivity index (χ2v) is 10.5. The van der Waals surface area contributed by atoms with Crippen LogP contribution in [0.25, 0.3) is 0 Å². The molecule has 2 atom stereocenters. The van der Waals surface area contributed by atoms with Gasteiger partial charge < -0.3 is 25.2 Å². The average molecular weight is 451 g/mol. The number of fused-ring (bicyclic) bond motifs is 2. The van der Waals surface area contributed by atoms with Crippen molar-refractivity contribution in [2.45, 2.75) is 38.6 Å². The number of amides is 2. The smallest absolute Gasteiger partial charge is 0.241 e. The van der Waals surface area contributed by atoms with Crippen LogP contribution in [0.2, 0.25) is 0 Å². The molecule has 33 heavy (non-hydrogen) atoms. The molecule has 0 aliphatic carbocycles. The van der Waals surface area contributed by atoms with Gasteiger partial charge in [-0.05, 0) is 35.6 Å². The minimum absolute atomic E-state index is 0.0353. The molecule has 0 saturated carbocycles. The minimum Gasteiger partial charge on any atom is -0.494 e. The Labute approximate surface area is 196 Å². The summed E-state index contributed by atoms with van der Waals surface area (Å²) in [5.41, 5.74) is 2.81. The van der Waals surface area contributed by atoms with Crippen LogP contribution in [0.1, 0.15) is 32.8 Å². The zero-order chi connectivity index (χ0) is 24.0. The van der Waals surface area contributed by atoms with E-state index in [1.54, 1.807) is 7.11 Å². The fourth-order valence-corrected chi connectivity index (χ4v) is 4.85. The van der Waals surface area contributed by atoms with Crippen molar-refractivity contribution in [2.24, 2.45) is 5.41 Å². The molecule has 2 amide bonds. The number of para-hydroxylation sites is 1. The van der Waals surface area contributed by atoms with E-state index in [0.29, 0.717) is 30.9 Å². The van der Waals surface area contributed by atoms with E-state index in [4.69, 9.17) is 4.74 Å². The molecule has 0 aromatic heterocycles. The van der Waals surface area contributed by atoms with Crippen LogP contribution in [0.5, 0.6) is 5.75 Å². The molecular formula is C26H34N4O3. The van der Waals surface area contributed by atoms with Gasteiger partial charge in [0, 0.05) is 44.6 Å². The molecule has 2 aromatic rings. The van der Waals surface area contributed by atoms with E-state index in [9.17, 15) is 9.59 Å². The Morgan fingerprint density at radius 1 is 1.24 bits per heavy atom. The fraction of sp³-hybridized carbons (Fsp3) is 0.462. The molecule has 2 heterocycles. The van der Waals surface area contributed by atoms with Crippen molar-refractivity contribution in [2.75, 3.05) is 49.4 Å². The lowest BCUT2D eigenvalue weighted by Crippen LogP contribution is -2.44. The monoisotopic (exact) mass is 450 g/mol. The number of carbonyl (C=O) groups excluding carboxylic acids is 2. The second-order valence-electron chi connectivity index (χ2n) is 10.5. The Balaban J connectivity index is 1.57. The summed E-state index contributed by atoms with van der Waals surface area (Å²) in [5, 5.41) is 6.32. The van der Waals surface area contributed by atoms with Gasteiger partial charge in [-0.15, -0.1) is 0 Å². The summed E-state index contributed by atoms with van der Waals surface area (Å²) >= 11 is 0. The summed E-state index contributed by atoms with van der Waals surface area (Å²) in [5.74, 6) is 0.512. The van der Waals surface area contributed by atoms with Crippen LogP contribution < -0.4 is 25.2 Å². The molecule has 7 nitrogen and oxygen atoms in total. The van der Waals surface area contributed by atoms with Gasteiger partial charge >= 0.3 is 0 Å². The second kappa shape index (κ2) is 8.37. The summed E-state index contributed by atoms with van der Waals surface area (Å²) in [6.45, 7) is 7.47. The molecule has 7 heteroatoms. The van der Waals surface area contributed by atoms with Crippen LogP contribution >= 0.6 is 0 Å². The molecule has 1 fully saturated rings. The van der Waals surface area contributed by atoms with E-state index < -0.39 is 11.5 Å². The molecule has 4 rings (SSSR count). The normalized spacial score (nSPS) is 21.9. The third-order valence-electron chi connectivity index (χ3n) is 6.48. The topological polar surface area (TPSA) is 73.9 Å². The van der Waals surface area contributed by atoms with E-state index in [-0.39, 0.29) is 17.2 Å². The summed E-state index contributed by atoms with van der Waals surface area (Å²) in [7, 11) is 5.49. The zero-order valence-corrected chi connectivity index (χ0v) is 20.4. The maximum absolute atomic E-state index is 13.7. The highest BCUT2D eigenvalue weighted by Crippen LogP contribution is 2.47. The Morgan fingerprint density at radius 3 is 2.64 bits per heavy atom. The Morgan fingerprint density at radius 2 is 1.97 bits per heavy atom. The minimum atomic E-state index is -0.720. The number of rotatable bonds is 5. The van der Waals surface area contributed by atoms with Crippen LogP contribution in [0.3, 0.4) is 0 Å². The van der Waals surface area contributed by atoms with E-state index in [2.05, 4.69) is 31.4 Å². The molecule has 2 aliphatic rings. The number of carbonyl (C=O) groups is 2. The van der Waals surface area contributed by atoms with Gasteiger partial charge in [0.15, 0.2) is 0 Å². The van der Waals surface area contributed by atoms with Gasteiger partial charge in [-0.3, -0.25) is 9.59 Å². The van der Waals surface area contributed by atoms with E-state index in [1.165, 1.54) is 0 Å². The first-order valence-corrected chi connectivity index (χ1v) is 11.4. The number of benzene rings is 2. The van der Waals surface area contributed by atoms with Gasteiger partial charge in [-0.1, -0.05) is 39.0 Å². The third kappa shape index (κ3) is 4.17. The molecule has 2 unspecified atom stereocenters.